The molecule has 0 unspecified atom stereocenters. The molecule has 0 N–H and O–H groups in total. The van der Waals surface area contributed by atoms with Crippen LogP contribution in [0.1, 0.15) is 18.1 Å². The van der Waals surface area contributed by atoms with Gasteiger partial charge in [-0.15, -0.1) is 11.6 Å². The average molecular weight is 199 g/mol. The Morgan fingerprint density at radius 2 is 2.23 bits per heavy atom. The van der Waals surface area contributed by atoms with E-state index in [9.17, 15) is 4.79 Å². The number of rotatable bonds is 2. The topological polar surface area (TPSA) is 26.3 Å². The zero-order valence-corrected chi connectivity index (χ0v) is 8.39. The second kappa shape index (κ2) is 4.28. The fraction of sp³-hybridized carbons (Fsp3) is 0.300. The molecular weight excluding hydrogens is 188 g/mol. The van der Waals surface area contributed by atoms with E-state index in [-0.39, 0.29) is 5.97 Å². The Bertz CT molecular complexity index is 321. The number of aryl methyl sites for hydroxylation is 1. The van der Waals surface area contributed by atoms with Crippen LogP contribution in [0.4, 0.5) is 0 Å². The van der Waals surface area contributed by atoms with Gasteiger partial charge in [0.2, 0.25) is 0 Å². The molecule has 0 radical (unpaired) electrons. The highest BCUT2D eigenvalue weighted by atomic mass is 35.5. The highest BCUT2D eigenvalue weighted by Crippen LogP contribution is 2.18. The van der Waals surface area contributed by atoms with Crippen molar-refractivity contribution in [2.24, 2.45) is 0 Å². The number of hydrogen-bond acceptors (Lipinski definition) is 2. The first-order valence-electron chi connectivity index (χ1n) is 3.97. The molecule has 0 aromatic heterocycles. The van der Waals surface area contributed by atoms with E-state index in [1.54, 1.807) is 12.1 Å². The number of carbonyl (C=O) groups is 1. The van der Waals surface area contributed by atoms with Crippen molar-refractivity contribution < 1.29 is 9.53 Å². The van der Waals surface area contributed by atoms with Crippen LogP contribution >= 0.6 is 11.6 Å². The number of hydrogen-bond donors (Lipinski definition) is 0. The number of carbonyl (C=O) groups excluding carboxylic acids is 1. The fourth-order valence-corrected chi connectivity index (χ4v) is 1.35. The zero-order chi connectivity index (χ0) is 9.84. The van der Waals surface area contributed by atoms with E-state index in [2.05, 4.69) is 0 Å². The van der Waals surface area contributed by atoms with Crippen LogP contribution in [0.25, 0.3) is 0 Å². The predicted octanol–water partition coefficient (Wildman–Crippen LogP) is 2.66. The van der Waals surface area contributed by atoms with Crippen LogP contribution in [0.3, 0.4) is 0 Å². The lowest BCUT2D eigenvalue weighted by atomic mass is 10.1. The standard InChI is InChI=1S/C10H11ClO2/c1-7-5-10(13-8(2)12)4-3-9(7)6-11/h3-5H,6H2,1-2H3. The highest BCUT2D eigenvalue weighted by molar-refractivity contribution is 6.17. The quantitative estimate of drug-likeness (QED) is 0.415. The van der Waals surface area contributed by atoms with Gasteiger partial charge in [-0.3, -0.25) is 4.79 Å². The molecule has 70 valence electrons. The summed E-state index contributed by atoms with van der Waals surface area (Å²) in [6.45, 7) is 3.31. The van der Waals surface area contributed by atoms with Crippen LogP contribution in [0.15, 0.2) is 18.2 Å². The summed E-state index contributed by atoms with van der Waals surface area (Å²) in [5, 5.41) is 0. The number of halogens is 1. The molecule has 0 aliphatic carbocycles. The molecule has 13 heavy (non-hydrogen) atoms. The Morgan fingerprint density at radius 1 is 1.54 bits per heavy atom. The molecule has 0 saturated heterocycles. The first-order valence-corrected chi connectivity index (χ1v) is 4.51. The molecule has 0 bridgehead atoms. The lowest BCUT2D eigenvalue weighted by Gasteiger charge is -2.05. The third-order valence-electron chi connectivity index (χ3n) is 1.72. The van der Waals surface area contributed by atoms with Crippen molar-refractivity contribution in [2.45, 2.75) is 19.7 Å². The SMILES string of the molecule is CC(=O)Oc1ccc(CCl)c(C)c1. The van der Waals surface area contributed by atoms with Gasteiger partial charge in [-0.05, 0) is 30.2 Å². The molecule has 2 nitrogen and oxygen atoms in total. The fourth-order valence-electron chi connectivity index (χ4n) is 1.05. The van der Waals surface area contributed by atoms with Gasteiger partial charge in [0.25, 0.3) is 0 Å². The van der Waals surface area contributed by atoms with Gasteiger partial charge in [0.1, 0.15) is 5.75 Å². The van der Waals surface area contributed by atoms with Crippen molar-refractivity contribution in [3.05, 3.63) is 29.3 Å². The van der Waals surface area contributed by atoms with E-state index in [0.29, 0.717) is 11.6 Å². The Morgan fingerprint density at radius 3 is 2.69 bits per heavy atom. The molecule has 0 aliphatic rings. The van der Waals surface area contributed by atoms with Crippen LogP contribution in [-0.2, 0) is 10.7 Å². The second-order valence-electron chi connectivity index (χ2n) is 2.82. The van der Waals surface area contributed by atoms with Gasteiger partial charge in [0.15, 0.2) is 0 Å². The Balaban J connectivity index is 2.89. The summed E-state index contributed by atoms with van der Waals surface area (Å²) < 4.78 is 4.91. The molecule has 0 heterocycles. The number of alkyl halides is 1. The Hall–Kier alpha value is -1.02. The molecule has 0 aliphatic heterocycles. The summed E-state index contributed by atoms with van der Waals surface area (Å²) in [6.07, 6.45) is 0. The molecule has 0 spiro atoms. The monoisotopic (exact) mass is 198 g/mol. The minimum absolute atomic E-state index is 0.307. The summed E-state index contributed by atoms with van der Waals surface area (Å²) in [4.78, 5) is 10.6. The molecule has 0 amide bonds. The molecule has 3 heteroatoms. The molecule has 1 rings (SSSR count). The first-order chi connectivity index (χ1) is 6.13. The van der Waals surface area contributed by atoms with E-state index < -0.39 is 0 Å². The molecule has 1 aromatic rings. The number of esters is 1. The Kier molecular flexibility index (Phi) is 3.32. The van der Waals surface area contributed by atoms with E-state index in [4.69, 9.17) is 16.3 Å². The average Bonchev–Trinajstić information content (AvgIpc) is 2.03. The van der Waals surface area contributed by atoms with Gasteiger partial charge in [0.05, 0.1) is 0 Å². The van der Waals surface area contributed by atoms with E-state index in [1.165, 1.54) is 6.92 Å². The van der Waals surface area contributed by atoms with Gasteiger partial charge >= 0.3 is 5.97 Å². The molecule has 1 aromatic carbocycles. The van der Waals surface area contributed by atoms with Gasteiger partial charge in [-0.2, -0.15) is 0 Å². The highest BCUT2D eigenvalue weighted by Gasteiger charge is 2.01. The van der Waals surface area contributed by atoms with E-state index in [1.807, 2.05) is 13.0 Å². The zero-order valence-electron chi connectivity index (χ0n) is 7.63. The maximum atomic E-state index is 10.6. The van der Waals surface area contributed by atoms with Crippen LogP contribution in [-0.4, -0.2) is 5.97 Å². The van der Waals surface area contributed by atoms with Crippen molar-refractivity contribution >= 4 is 17.6 Å². The summed E-state index contributed by atoms with van der Waals surface area (Å²) >= 11 is 5.68. The molecular formula is C10H11ClO2. The van der Waals surface area contributed by atoms with Crippen molar-refractivity contribution in [1.29, 1.82) is 0 Å². The summed E-state index contributed by atoms with van der Waals surface area (Å²) in [5.74, 6) is 0.739. The summed E-state index contributed by atoms with van der Waals surface area (Å²) in [7, 11) is 0. The third-order valence-corrected chi connectivity index (χ3v) is 2.01. The maximum absolute atomic E-state index is 10.6. The van der Waals surface area contributed by atoms with Crippen molar-refractivity contribution in [3.8, 4) is 5.75 Å². The van der Waals surface area contributed by atoms with Gasteiger partial charge < -0.3 is 4.74 Å². The maximum Gasteiger partial charge on any atom is 0.308 e. The van der Waals surface area contributed by atoms with Crippen molar-refractivity contribution in [1.82, 2.24) is 0 Å². The number of ether oxygens (including phenoxy) is 1. The lowest BCUT2D eigenvalue weighted by Crippen LogP contribution is -2.01. The minimum atomic E-state index is -0.307. The summed E-state index contributed by atoms with van der Waals surface area (Å²) in [5.41, 5.74) is 2.09. The van der Waals surface area contributed by atoms with Crippen molar-refractivity contribution in [3.63, 3.8) is 0 Å². The van der Waals surface area contributed by atoms with Crippen LogP contribution in [0.5, 0.6) is 5.75 Å². The van der Waals surface area contributed by atoms with Crippen LogP contribution in [0, 0.1) is 6.92 Å². The largest absolute Gasteiger partial charge is 0.427 e. The van der Waals surface area contributed by atoms with E-state index >= 15 is 0 Å². The third kappa shape index (κ3) is 2.74. The predicted molar refractivity (Wildman–Crippen MR) is 52.0 cm³/mol. The second-order valence-corrected chi connectivity index (χ2v) is 3.08. The number of benzene rings is 1. The van der Waals surface area contributed by atoms with E-state index in [0.717, 1.165) is 11.1 Å². The minimum Gasteiger partial charge on any atom is -0.427 e. The van der Waals surface area contributed by atoms with Gasteiger partial charge in [-0.25, -0.2) is 0 Å². The summed E-state index contributed by atoms with van der Waals surface area (Å²) in [6, 6.07) is 5.41. The van der Waals surface area contributed by atoms with Crippen molar-refractivity contribution in [2.75, 3.05) is 0 Å². The normalized spacial score (nSPS) is 9.77. The molecule has 0 fully saturated rings. The van der Waals surface area contributed by atoms with Gasteiger partial charge in [0, 0.05) is 12.8 Å². The smallest absolute Gasteiger partial charge is 0.308 e. The van der Waals surface area contributed by atoms with Gasteiger partial charge in [-0.1, -0.05) is 6.07 Å². The van der Waals surface area contributed by atoms with Crippen LogP contribution < -0.4 is 4.74 Å². The Labute approximate surface area is 82.5 Å². The first kappa shape index (κ1) is 10.1. The molecule has 0 atom stereocenters. The van der Waals surface area contributed by atoms with Crippen LogP contribution in [0.2, 0.25) is 0 Å². The lowest BCUT2D eigenvalue weighted by molar-refractivity contribution is -0.131. The molecule has 0 saturated carbocycles.